The molecule has 0 aliphatic rings. The van der Waals surface area contributed by atoms with E-state index in [1.165, 1.54) is 6.07 Å². The molecule has 1 aromatic carbocycles. The van der Waals surface area contributed by atoms with Gasteiger partial charge in [0.1, 0.15) is 11.5 Å². The second kappa shape index (κ2) is 5.83. The average Bonchev–Trinajstić information content (AvgIpc) is 2.41. The highest BCUT2D eigenvalue weighted by Gasteiger charge is 2.17. The van der Waals surface area contributed by atoms with Crippen LogP contribution in [-0.4, -0.2) is 9.91 Å². The Hall–Kier alpha value is -2.21. The third kappa shape index (κ3) is 3.03. The van der Waals surface area contributed by atoms with Crippen LogP contribution in [0.1, 0.15) is 11.1 Å². The minimum atomic E-state index is -0.818. The van der Waals surface area contributed by atoms with Crippen molar-refractivity contribution in [2.75, 3.05) is 5.32 Å². The summed E-state index contributed by atoms with van der Waals surface area (Å²) in [5.41, 5.74) is 1.71. The second-order valence-electron chi connectivity index (χ2n) is 4.20. The normalized spacial score (nSPS) is 10.3. The summed E-state index contributed by atoms with van der Waals surface area (Å²) in [6.45, 7) is 2.24. The average molecular weight is 296 g/mol. The van der Waals surface area contributed by atoms with Gasteiger partial charge < -0.3 is 5.32 Å². The van der Waals surface area contributed by atoms with E-state index in [2.05, 4.69) is 10.3 Å². The molecular weight excluding hydrogens is 285 g/mol. The van der Waals surface area contributed by atoms with E-state index < -0.39 is 10.7 Å². The molecule has 0 bridgehead atoms. The number of pyridine rings is 1. The van der Waals surface area contributed by atoms with Crippen LogP contribution in [0.25, 0.3) is 0 Å². The second-order valence-corrected chi connectivity index (χ2v) is 4.60. The van der Waals surface area contributed by atoms with E-state index in [1.807, 2.05) is 13.0 Å². The van der Waals surface area contributed by atoms with Gasteiger partial charge in [-0.2, -0.15) is 0 Å². The number of aryl methyl sites for hydroxylation is 1. The number of halogens is 2. The predicted molar refractivity (Wildman–Crippen MR) is 74.4 cm³/mol. The smallest absolute Gasteiger partial charge is 0.295 e. The van der Waals surface area contributed by atoms with E-state index in [9.17, 15) is 14.5 Å². The number of nitro groups is 1. The van der Waals surface area contributed by atoms with Gasteiger partial charge in [0.25, 0.3) is 5.69 Å². The molecule has 5 nitrogen and oxygen atoms in total. The zero-order valence-electron chi connectivity index (χ0n) is 10.6. The first-order valence-electron chi connectivity index (χ1n) is 5.76. The number of aromatic nitrogens is 1. The van der Waals surface area contributed by atoms with Crippen LogP contribution in [0.3, 0.4) is 0 Å². The van der Waals surface area contributed by atoms with E-state index in [-0.39, 0.29) is 16.4 Å². The number of rotatable bonds is 4. The number of benzene rings is 1. The van der Waals surface area contributed by atoms with E-state index >= 15 is 0 Å². The van der Waals surface area contributed by atoms with Gasteiger partial charge in [-0.05, 0) is 30.2 Å². The first-order valence-corrected chi connectivity index (χ1v) is 6.13. The maximum atomic E-state index is 13.3. The van der Waals surface area contributed by atoms with Crippen LogP contribution in [0.15, 0.2) is 30.6 Å². The molecule has 1 N–H and O–H groups in total. The van der Waals surface area contributed by atoms with Crippen LogP contribution >= 0.6 is 11.6 Å². The van der Waals surface area contributed by atoms with Crippen molar-refractivity contribution in [3.8, 4) is 0 Å². The highest BCUT2D eigenvalue weighted by molar-refractivity contribution is 6.31. The monoisotopic (exact) mass is 295 g/mol. The van der Waals surface area contributed by atoms with Gasteiger partial charge in [-0.1, -0.05) is 11.6 Å². The van der Waals surface area contributed by atoms with E-state index in [0.717, 1.165) is 17.2 Å². The number of nitrogens with zero attached hydrogens (tertiary/aromatic N) is 2. The molecule has 1 aromatic heterocycles. The first kappa shape index (κ1) is 14.2. The van der Waals surface area contributed by atoms with Crippen molar-refractivity contribution in [2.24, 2.45) is 0 Å². The standard InChI is InChI=1S/C13H11ClFN3O2/c1-8-2-3-16-6-9(8)7-17-12-4-10(14)11(15)5-13(12)18(19)20/h2-6,17H,7H2,1H3. The molecule has 0 atom stereocenters. The topological polar surface area (TPSA) is 68.1 Å². The summed E-state index contributed by atoms with van der Waals surface area (Å²) in [7, 11) is 0. The molecule has 0 spiro atoms. The van der Waals surface area contributed by atoms with Crippen molar-refractivity contribution in [1.29, 1.82) is 0 Å². The fraction of sp³-hybridized carbons (Fsp3) is 0.154. The predicted octanol–water partition coefficient (Wildman–Crippen LogP) is 3.70. The molecule has 0 unspecified atom stereocenters. The number of hydrogen-bond acceptors (Lipinski definition) is 4. The van der Waals surface area contributed by atoms with Gasteiger partial charge in [0.2, 0.25) is 0 Å². The van der Waals surface area contributed by atoms with E-state index in [1.54, 1.807) is 12.4 Å². The number of anilines is 1. The van der Waals surface area contributed by atoms with Crippen LogP contribution in [-0.2, 0) is 6.54 Å². The van der Waals surface area contributed by atoms with Crippen LogP contribution in [0.4, 0.5) is 15.8 Å². The number of hydrogen-bond donors (Lipinski definition) is 1. The molecular formula is C13H11ClFN3O2. The van der Waals surface area contributed by atoms with E-state index in [4.69, 9.17) is 11.6 Å². The molecule has 0 saturated heterocycles. The van der Waals surface area contributed by atoms with Crippen LogP contribution in [0.2, 0.25) is 5.02 Å². The molecule has 7 heteroatoms. The Morgan fingerprint density at radius 3 is 2.90 bits per heavy atom. The molecule has 0 aliphatic carbocycles. The molecule has 2 rings (SSSR count). The minimum absolute atomic E-state index is 0.166. The summed E-state index contributed by atoms with van der Waals surface area (Å²) in [5.74, 6) is -0.818. The maximum absolute atomic E-state index is 13.3. The zero-order valence-corrected chi connectivity index (χ0v) is 11.3. The maximum Gasteiger partial charge on any atom is 0.295 e. The van der Waals surface area contributed by atoms with Gasteiger partial charge in [-0.25, -0.2) is 4.39 Å². The summed E-state index contributed by atoms with van der Waals surface area (Å²) >= 11 is 5.65. The third-order valence-electron chi connectivity index (χ3n) is 2.85. The van der Waals surface area contributed by atoms with Crippen molar-refractivity contribution >= 4 is 23.0 Å². The summed E-state index contributed by atoms with van der Waals surface area (Å²) in [6.07, 6.45) is 3.33. The third-order valence-corrected chi connectivity index (χ3v) is 3.14. The lowest BCUT2D eigenvalue weighted by Gasteiger charge is -2.09. The van der Waals surface area contributed by atoms with Crippen molar-refractivity contribution in [3.05, 3.63) is 62.7 Å². The van der Waals surface area contributed by atoms with Crippen LogP contribution < -0.4 is 5.32 Å². The zero-order chi connectivity index (χ0) is 14.7. The first-order chi connectivity index (χ1) is 9.49. The Kier molecular flexibility index (Phi) is 4.14. The minimum Gasteiger partial charge on any atom is -0.375 e. The number of nitro benzene ring substituents is 1. The van der Waals surface area contributed by atoms with Gasteiger partial charge in [-0.3, -0.25) is 15.1 Å². The summed E-state index contributed by atoms with van der Waals surface area (Å²) in [5, 5.41) is 13.6. The molecule has 0 amide bonds. The molecule has 0 radical (unpaired) electrons. The summed E-state index contributed by atoms with van der Waals surface area (Å²) < 4.78 is 13.3. The van der Waals surface area contributed by atoms with Crippen molar-refractivity contribution < 1.29 is 9.31 Å². The highest BCUT2D eigenvalue weighted by Crippen LogP contribution is 2.30. The lowest BCUT2D eigenvalue weighted by Crippen LogP contribution is -2.05. The Balaban J connectivity index is 2.27. The Morgan fingerprint density at radius 1 is 1.50 bits per heavy atom. The fourth-order valence-corrected chi connectivity index (χ4v) is 1.86. The van der Waals surface area contributed by atoms with E-state index in [0.29, 0.717) is 6.54 Å². The lowest BCUT2D eigenvalue weighted by atomic mass is 10.1. The lowest BCUT2D eigenvalue weighted by molar-refractivity contribution is -0.384. The van der Waals surface area contributed by atoms with Gasteiger partial charge in [0, 0.05) is 18.9 Å². The molecule has 2 aromatic rings. The van der Waals surface area contributed by atoms with Crippen molar-refractivity contribution in [3.63, 3.8) is 0 Å². The summed E-state index contributed by atoms with van der Waals surface area (Å²) in [6, 6.07) is 3.85. The Bertz CT molecular complexity index is 664. The van der Waals surface area contributed by atoms with Gasteiger partial charge in [0.05, 0.1) is 16.0 Å². The molecule has 0 fully saturated rings. The SMILES string of the molecule is Cc1ccncc1CNc1cc(Cl)c(F)cc1[N+](=O)[O-]. The van der Waals surface area contributed by atoms with Gasteiger partial charge in [0.15, 0.2) is 0 Å². The van der Waals surface area contributed by atoms with Crippen molar-refractivity contribution in [2.45, 2.75) is 13.5 Å². The molecule has 104 valence electrons. The number of nitrogens with one attached hydrogen (secondary N) is 1. The largest absolute Gasteiger partial charge is 0.375 e. The Morgan fingerprint density at radius 2 is 2.25 bits per heavy atom. The highest BCUT2D eigenvalue weighted by atomic mass is 35.5. The van der Waals surface area contributed by atoms with Gasteiger partial charge in [-0.15, -0.1) is 0 Å². The van der Waals surface area contributed by atoms with Crippen LogP contribution in [0.5, 0.6) is 0 Å². The molecule has 0 saturated carbocycles. The summed E-state index contributed by atoms with van der Waals surface area (Å²) in [4.78, 5) is 14.2. The van der Waals surface area contributed by atoms with Gasteiger partial charge >= 0.3 is 0 Å². The van der Waals surface area contributed by atoms with Crippen LogP contribution in [0, 0.1) is 22.9 Å². The Labute approximate surface area is 119 Å². The molecule has 0 aliphatic heterocycles. The molecule has 1 heterocycles. The van der Waals surface area contributed by atoms with Crippen molar-refractivity contribution in [1.82, 2.24) is 4.98 Å². The quantitative estimate of drug-likeness (QED) is 0.690. The molecule has 20 heavy (non-hydrogen) atoms. The fourth-order valence-electron chi connectivity index (χ4n) is 1.70.